The molecule has 0 saturated heterocycles. The van der Waals surface area contributed by atoms with Crippen molar-refractivity contribution in [1.82, 2.24) is 4.98 Å². The van der Waals surface area contributed by atoms with Crippen LogP contribution in [0.4, 0.5) is 0 Å². The summed E-state index contributed by atoms with van der Waals surface area (Å²) in [6.07, 6.45) is 1.34. The maximum atomic E-state index is 8.33. The minimum absolute atomic E-state index is 0.00611. The van der Waals surface area contributed by atoms with Crippen molar-refractivity contribution in [2.24, 2.45) is 0 Å². The molecule has 2 nitrogen and oxygen atoms in total. The Morgan fingerprint density at radius 3 is 2.05 bits per heavy atom. The standard InChI is InChI=1S/C35H31NO/c1-22-19-25(35(3,4)5)17-18-26(22)31-20-32(36-21-23(31)2)30-16-10-15-29-28-14-9-13-27(33(28)37-34(29)30)24-11-7-6-8-12-24/h6-21H,1-5H3/i1D3,2D3. The van der Waals surface area contributed by atoms with Crippen molar-refractivity contribution < 1.29 is 12.6 Å². The summed E-state index contributed by atoms with van der Waals surface area (Å²) in [5.41, 5.74) is 5.89. The molecule has 2 aromatic heterocycles. The number of nitrogens with zero attached hydrogens (tertiary/aromatic N) is 1. The zero-order chi connectivity index (χ0) is 30.7. The zero-order valence-electron chi connectivity index (χ0n) is 27.1. The van der Waals surface area contributed by atoms with Crippen LogP contribution < -0.4 is 0 Å². The van der Waals surface area contributed by atoms with Crippen LogP contribution in [0, 0.1) is 13.7 Å². The van der Waals surface area contributed by atoms with E-state index in [9.17, 15) is 0 Å². The van der Waals surface area contributed by atoms with Gasteiger partial charge < -0.3 is 4.42 Å². The summed E-state index contributed by atoms with van der Waals surface area (Å²) in [5, 5.41) is 1.87. The summed E-state index contributed by atoms with van der Waals surface area (Å²) in [7, 11) is 0. The molecule has 0 bridgehead atoms. The van der Waals surface area contributed by atoms with E-state index in [1.165, 1.54) is 6.20 Å². The first-order valence-corrected chi connectivity index (χ1v) is 12.4. The highest BCUT2D eigenvalue weighted by atomic mass is 16.3. The van der Waals surface area contributed by atoms with E-state index >= 15 is 0 Å². The van der Waals surface area contributed by atoms with Gasteiger partial charge in [0.05, 0.1) is 5.69 Å². The highest BCUT2D eigenvalue weighted by Crippen LogP contribution is 2.40. The van der Waals surface area contributed by atoms with Crippen LogP contribution in [0.1, 0.15) is 45.7 Å². The van der Waals surface area contributed by atoms with Gasteiger partial charge in [0.15, 0.2) is 0 Å². The van der Waals surface area contributed by atoms with E-state index in [1.54, 1.807) is 18.2 Å². The number of fused-ring (bicyclic) bond motifs is 3. The number of hydrogen-bond donors (Lipinski definition) is 0. The molecule has 0 saturated carbocycles. The van der Waals surface area contributed by atoms with Gasteiger partial charge in [0.2, 0.25) is 0 Å². The number of aryl methyl sites for hydroxylation is 2. The van der Waals surface area contributed by atoms with E-state index in [4.69, 9.17) is 12.6 Å². The molecular formula is C35H31NO. The third kappa shape index (κ3) is 4.03. The number of para-hydroxylation sites is 2. The predicted molar refractivity (Wildman–Crippen MR) is 156 cm³/mol. The number of furan rings is 1. The minimum Gasteiger partial charge on any atom is -0.455 e. The maximum absolute atomic E-state index is 8.33. The molecule has 0 radical (unpaired) electrons. The van der Waals surface area contributed by atoms with Crippen molar-refractivity contribution in [2.75, 3.05) is 0 Å². The van der Waals surface area contributed by atoms with Gasteiger partial charge in [0.25, 0.3) is 0 Å². The smallest absolute Gasteiger partial charge is 0.144 e. The molecule has 2 heterocycles. The summed E-state index contributed by atoms with van der Waals surface area (Å²) in [4.78, 5) is 4.59. The summed E-state index contributed by atoms with van der Waals surface area (Å²) in [6, 6.07) is 28.9. The predicted octanol–water partition coefficient (Wildman–Crippen LogP) is 9.90. The van der Waals surface area contributed by atoms with E-state index in [0.717, 1.165) is 33.0 Å². The molecule has 0 spiro atoms. The fourth-order valence-electron chi connectivity index (χ4n) is 4.94. The molecule has 0 fully saturated rings. The van der Waals surface area contributed by atoms with Gasteiger partial charge in [0, 0.05) is 36.3 Å². The molecule has 0 atom stereocenters. The number of rotatable bonds is 3. The van der Waals surface area contributed by atoms with Crippen molar-refractivity contribution in [1.29, 1.82) is 0 Å². The largest absolute Gasteiger partial charge is 0.455 e. The van der Waals surface area contributed by atoms with Crippen LogP contribution in [0.3, 0.4) is 0 Å². The van der Waals surface area contributed by atoms with Crippen molar-refractivity contribution in [2.45, 2.75) is 39.9 Å². The third-order valence-corrected chi connectivity index (χ3v) is 6.96. The lowest BCUT2D eigenvalue weighted by Gasteiger charge is -2.21. The van der Waals surface area contributed by atoms with E-state index in [-0.39, 0.29) is 16.5 Å². The highest BCUT2D eigenvalue weighted by molar-refractivity contribution is 6.12. The first-order valence-electron chi connectivity index (χ1n) is 15.4. The van der Waals surface area contributed by atoms with Crippen LogP contribution in [-0.4, -0.2) is 4.98 Å². The Balaban J connectivity index is 1.61. The monoisotopic (exact) mass is 487 g/mol. The molecule has 6 rings (SSSR count). The molecule has 0 aliphatic rings. The fourth-order valence-corrected chi connectivity index (χ4v) is 4.94. The maximum Gasteiger partial charge on any atom is 0.144 e. The Morgan fingerprint density at radius 2 is 1.35 bits per heavy atom. The summed E-state index contributed by atoms with van der Waals surface area (Å²) < 4.78 is 56.3. The molecule has 0 aliphatic carbocycles. The molecule has 0 amide bonds. The first-order chi connectivity index (χ1) is 20.2. The van der Waals surface area contributed by atoms with Crippen LogP contribution >= 0.6 is 0 Å². The SMILES string of the molecule is [2H]C([2H])([2H])c1cnc(-c2cccc3c2oc2c(-c4ccccc4)cccc23)cc1-c1ccc(C(C)(C)C)cc1C([2H])([2H])[2H]. The Bertz CT molecular complexity index is 1980. The second-order valence-electron chi connectivity index (χ2n) is 10.5. The molecule has 0 unspecified atom stereocenters. The minimum atomic E-state index is -2.51. The normalized spacial score (nSPS) is 15.0. The number of benzene rings is 4. The Morgan fingerprint density at radius 1 is 0.649 bits per heavy atom. The van der Waals surface area contributed by atoms with Gasteiger partial charge >= 0.3 is 0 Å². The van der Waals surface area contributed by atoms with Gasteiger partial charge in [-0.25, -0.2) is 0 Å². The number of pyridine rings is 1. The summed E-state index contributed by atoms with van der Waals surface area (Å²) >= 11 is 0. The second-order valence-corrected chi connectivity index (χ2v) is 10.5. The van der Waals surface area contributed by atoms with Crippen LogP contribution in [0.2, 0.25) is 0 Å². The lowest BCUT2D eigenvalue weighted by Crippen LogP contribution is -2.11. The van der Waals surface area contributed by atoms with Crippen molar-refractivity contribution >= 4 is 21.9 Å². The van der Waals surface area contributed by atoms with Crippen molar-refractivity contribution in [3.8, 4) is 33.5 Å². The van der Waals surface area contributed by atoms with Crippen LogP contribution in [0.5, 0.6) is 0 Å². The van der Waals surface area contributed by atoms with Crippen LogP contribution in [0.25, 0.3) is 55.4 Å². The quantitative estimate of drug-likeness (QED) is 0.248. The average Bonchev–Trinajstić information content (AvgIpc) is 3.35. The molecule has 4 aromatic carbocycles. The fraction of sp³-hybridized carbons (Fsp3) is 0.171. The number of hydrogen-bond acceptors (Lipinski definition) is 2. The molecule has 2 heteroatoms. The average molecular weight is 488 g/mol. The molecular weight excluding hydrogens is 450 g/mol. The Kier molecular flexibility index (Phi) is 4.09. The second kappa shape index (κ2) is 8.74. The molecule has 0 aliphatic heterocycles. The summed E-state index contributed by atoms with van der Waals surface area (Å²) in [6.45, 7) is 1.08. The van der Waals surface area contributed by atoms with Gasteiger partial charge in [0.1, 0.15) is 11.2 Å². The van der Waals surface area contributed by atoms with Gasteiger partial charge in [-0.3, -0.25) is 4.98 Å². The van der Waals surface area contributed by atoms with Gasteiger partial charge in [-0.2, -0.15) is 0 Å². The van der Waals surface area contributed by atoms with Crippen LogP contribution in [0.15, 0.2) is 102 Å². The lowest BCUT2D eigenvalue weighted by molar-refractivity contribution is 0.590. The van der Waals surface area contributed by atoms with E-state index < -0.39 is 13.7 Å². The molecule has 0 N–H and O–H groups in total. The molecule has 182 valence electrons. The lowest BCUT2D eigenvalue weighted by atomic mass is 9.84. The van der Waals surface area contributed by atoms with E-state index in [1.807, 2.05) is 93.6 Å². The van der Waals surface area contributed by atoms with E-state index in [2.05, 4.69) is 4.98 Å². The molecule has 37 heavy (non-hydrogen) atoms. The highest BCUT2D eigenvalue weighted by Gasteiger charge is 2.18. The van der Waals surface area contributed by atoms with Crippen LogP contribution in [-0.2, 0) is 5.41 Å². The molecule has 6 aromatic rings. The number of aromatic nitrogens is 1. The van der Waals surface area contributed by atoms with Crippen molar-refractivity contribution in [3.05, 3.63) is 114 Å². The van der Waals surface area contributed by atoms with Gasteiger partial charge in [-0.15, -0.1) is 0 Å². The Labute approximate surface area is 227 Å². The first kappa shape index (κ1) is 17.3. The zero-order valence-corrected chi connectivity index (χ0v) is 21.1. The Hall–Kier alpha value is -4.17. The van der Waals surface area contributed by atoms with Gasteiger partial charge in [-0.1, -0.05) is 99.6 Å². The van der Waals surface area contributed by atoms with Crippen molar-refractivity contribution in [3.63, 3.8) is 0 Å². The summed E-state index contributed by atoms with van der Waals surface area (Å²) in [5.74, 6) is 0. The van der Waals surface area contributed by atoms with E-state index in [0.29, 0.717) is 28.0 Å². The van der Waals surface area contributed by atoms with Gasteiger partial charge in [-0.05, 0) is 64.6 Å². The third-order valence-electron chi connectivity index (χ3n) is 6.96. The topological polar surface area (TPSA) is 26.0 Å².